The van der Waals surface area contributed by atoms with Crippen LogP contribution in [0.4, 0.5) is 0 Å². The summed E-state index contributed by atoms with van der Waals surface area (Å²) in [5.74, 6) is 0. The summed E-state index contributed by atoms with van der Waals surface area (Å²) in [6.45, 7) is 1.93. The number of aliphatic hydroxyl groups excluding tert-OH is 1. The van der Waals surface area contributed by atoms with Crippen molar-refractivity contribution < 1.29 is 28.3 Å². The van der Waals surface area contributed by atoms with Gasteiger partial charge >= 0.3 is 26.6 Å². The SMILES string of the molecule is CCO.O=[P+]([O-])O[P+](=O)[O-].[Be+2]. The first-order chi connectivity index (χ1) is 4.54. The van der Waals surface area contributed by atoms with Gasteiger partial charge in [0.15, 0.2) is 0 Å². The summed E-state index contributed by atoms with van der Waals surface area (Å²) < 4.78 is 21.6. The standard InChI is InChI=1S/C2H6O.Be.O5P2/c1-2-3;;1-6(2)5-7(3)4/h3H,2H2,1H3;;/q;+2;. The fourth-order valence-corrected chi connectivity index (χ4v) is 0.490. The van der Waals surface area contributed by atoms with Crippen LogP contribution in [0.3, 0.4) is 0 Å². The fraction of sp³-hybridized carbons (Fsp3) is 1.00. The third-order valence-electron chi connectivity index (χ3n) is 0.133. The Labute approximate surface area is 69.3 Å². The van der Waals surface area contributed by atoms with Crippen LogP contribution in [-0.2, 0) is 13.4 Å². The van der Waals surface area contributed by atoms with Crippen LogP contribution in [0.2, 0.25) is 0 Å². The average Bonchev–Trinajstić information content (AvgIpc) is 1.62. The number of rotatable bonds is 2. The topological polar surface area (TPSA) is 110 Å². The number of aliphatic hydroxyl groups is 1. The normalized spacial score (nSPS) is 10.2. The van der Waals surface area contributed by atoms with Crippen LogP contribution in [0.1, 0.15) is 6.92 Å². The summed E-state index contributed by atoms with van der Waals surface area (Å²) in [5.41, 5.74) is 0. The van der Waals surface area contributed by atoms with Gasteiger partial charge in [-0.1, -0.05) is 0 Å². The molecule has 0 aliphatic rings. The van der Waals surface area contributed by atoms with Crippen molar-refractivity contribution in [3.8, 4) is 0 Å². The summed E-state index contributed by atoms with van der Waals surface area (Å²) in [6.07, 6.45) is 0. The van der Waals surface area contributed by atoms with Gasteiger partial charge in [0.05, 0.1) is 0 Å². The molecule has 2 atom stereocenters. The zero-order chi connectivity index (χ0) is 8.57. The summed E-state index contributed by atoms with van der Waals surface area (Å²) in [4.78, 5) is 18.5. The van der Waals surface area contributed by atoms with E-state index in [0.717, 1.165) is 0 Å². The van der Waals surface area contributed by atoms with E-state index < -0.39 is 16.5 Å². The maximum absolute atomic E-state index is 9.24. The molecule has 0 rings (SSSR count). The zero-order valence-electron chi connectivity index (χ0n) is 5.80. The molecule has 0 amide bonds. The van der Waals surface area contributed by atoms with Crippen molar-refractivity contribution in [2.45, 2.75) is 6.92 Å². The molecule has 6 nitrogen and oxygen atoms in total. The number of hydrogen-bond acceptors (Lipinski definition) is 6. The molecule has 0 aromatic carbocycles. The van der Waals surface area contributed by atoms with Gasteiger partial charge in [-0.2, -0.15) is 0 Å². The Morgan fingerprint density at radius 3 is 1.55 bits per heavy atom. The third kappa shape index (κ3) is 38.8. The summed E-state index contributed by atoms with van der Waals surface area (Å²) >= 11 is 0. The molecule has 0 fully saturated rings. The van der Waals surface area contributed by atoms with Crippen molar-refractivity contribution in [3.63, 3.8) is 0 Å². The van der Waals surface area contributed by atoms with Gasteiger partial charge in [-0.05, 0) is 16.1 Å². The molecule has 0 spiro atoms. The monoisotopic (exact) mass is 197 g/mol. The molecule has 2 unspecified atom stereocenters. The van der Waals surface area contributed by atoms with E-state index in [-0.39, 0.29) is 16.7 Å². The average molecular weight is 197 g/mol. The molecule has 60 valence electrons. The molecule has 0 aromatic rings. The van der Waals surface area contributed by atoms with E-state index in [4.69, 9.17) is 5.11 Å². The van der Waals surface area contributed by atoms with E-state index in [1.165, 1.54) is 0 Å². The molecule has 11 heavy (non-hydrogen) atoms. The predicted molar refractivity (Wildman–Crippen MR) is 34.8 cm³/mol. The summed E-state index contributed by atoms with van der Waals surface area (Å²) in [5, 5.41) is 7.57. The maximum Gasteiger partial charge on any atom is 2.00 e. The molecule has 0 aromatic heterocycles. The largest absolute Gasteiger partial charge is 2.00 e. The quantitative estimate of drug-likeness (QED) is 0.433. The van der Waals surface area contributed by atoms with Crippen LogP contribution in [-0.4, -0.2) is 21.8 Å². The molecular weight excluding hydrogens is 191 g/mol. The minimum Gasteiger partial charge on any atom is -0.563 e. The molecule has 0 radical (unpaired) electrons. The van der Waals surface area contributed by atoms with Crippen LogP contribution in [0.25, 0.3) is 0 Å². The molecule has 0 aliphatic carbocycles. The first-order valence-corrected chi connectivity index (χ1v) is 4.31. The molecule has 9 heteroatoms. The minimum atomic E-state index is -3.24. The predicted octanol–water partition coefficient (Wildman–Crippen LogP) is -1.34. The number of hydrogen-bond donors (Lipinski definition) is 1. The van der Waals surface area contributed by atoms with Crippen LogP contribution < -0.4 is 9.79 Å². The van der Waals surface area contributed by atoms with Gasteiger partial charge in [0.25, 0.3) is 0 Å². The van der Waals surface area contributed by atoms with E-state index in [2.05, 4.69) is 4.31 Å². The fourth-order valence-electron chi connectivity index (χ4n) is 0.0544. The Morgan fingerprint density at radius 2 is 1.55 bits per heavy atom. The van der Waals surface area contributed by atoms with Gasteiger partial charge in [0.2, 0.25) is 0 Å². The van der Waals surface area contributed by atoms with E-state index >= 15 is 0 Å². The molecule has 0 bridgehead atoms. The van der Waals surface area contributed by atoms with Crippen molar-refractivity contribution in [1.29, 1.82) is 0 Å². The molecule has 0 saturated heterocycles. The Hall–Kier alpha value is 0.209. The second kappa shape index (κ2) is 12.8. The van der Waals surface area contributed by atoms with Crippen LogP contribution in [0, 0.1) is 0 Å². The van der Waals surface area contributed by atoms with Gasteiger partial charge in [-0.25, -0.2) is 0 Å². The zero-order valence-corrected chi connectivity index (χ0v) is 7.59. The minimum absolute atomic E-state index is 0. The molecule has 0 heterocycles. The van der Waals surface area contributed by atoms with Crippen molar-refractivity contribution in [3.05, 3.63) is 0 Å². The molecular formula is C2H6BeO6P2+2. The Balaban J connectivity index is -0.000000140. The molecule has 0 saturated carbocycles. The molecule has 0 aliphatic heterocycles. The van der Waals surface area contributed by atoms with Crippen molar-refractivity contribution >= 4 is 26.6 Å². The van der Waals surface area contributed by atoms with E-state index in [1.807, 2.05) is 0 Å². The van der Waals surface area contributed by atoms with Gasteiger partial charge in [-0.3, -0.25) is 0 Å². The smallest absolute Gasteiger partial charge is 0.563 e. The third-order valence-corrected chi connectivity index (χ3v) is 1.20. The first-order valence-electron chi connectivity index (χ1n) is 2.12. The first kappa shape index (κ1) is 17.3. The van der Waals surface area contributed by atoms with Crippen molar-refractivity contribution in [2.75, 3.05) is 6.61 Å². The van der Waals surface area contributed by atoms with Crippen LogP contribution in [0.5, 0.6) is 0 Å². The second-order valence-corrected chi connectivity index (χ2v) is 2.39. The van der Waals surface area contributed by atoms with Crippen LogP contribution in [0.15, 0.2) is 0 Å². The van der Waals surface area contributed by atoms with Gasteiger partial charge in [0, 0.05) is 6.61 Å². The van der Waals surface area contributed by atoms with Crippen molar-refractivity contribution in [1.82, 2.24) is 0 Å². The Morgan fingerprint density at radius 1 is 1.36 bits per heavy atom. The van der Waals surface area contributed by atoms with Gasteiger partial charge < -0.3 is 14.9 Å². The summed E-state index contributed by atoms with van der Waals surface area (Å²) in [7, 11) is -6.47. The van der Waals surface area contributed by atoms with E-state index in [9.17, 15) is 18.9 Å². The van der Waals surface area contributed by atoms with Gasteiger partial charge in [-0.15, -0.1) is 0 Å². The Kier molecular flexibility index (Phi) is 20.2. The summed E-state index contributed by atoms with van der Waals surface area (Å²) in [6, 6.07) is 0. The van der Waals surface area contributed by atoms with E-state index in [0.29, 0.717) is 0 Å². The van der Waals surface area contributed by atoms with Crippen molar-refractivity contribution in [2.24, 2.45) is 0 Å². The second-order valence-electron chi connectivity index (χ2n) is 0.845. The van der Waals surface area contributed by atoms with E-state index in [1.54, 1.807) is 6.92 Å². The molecule has 1 N–H and O–H groups in total. The van der Waals surface area contributed by atoms with Gasteiger partial charge in [0.1, 0.15) is 4.31 Å². The Bertz CT molecular complexity index is 105. The van der Waals surface area contributed by atoms with Crippen LogP contribution >= 0.6 is 16.5 Å². The maximum atomic E-state index is 9.24.